The van der Waals surface area contributed by atoms with Gasteiger partial charge in [-0.1, -0.05) is 6.92 Å². The van der Waals surface area contributed by atoms with Crippen LogP contribution in [-0.4, -0.2) is 18.4 Å². The summed E-state index contributed by atoms with van der Waals surface area (Å²) in [5.74, 6) is 0. The molecule has 0 aliphatic heterocycles. The Morgan fingerprint density at radius 1 is 1.29 bits per heavy atom. The van der Waals surface area contributed by atoms with Gasteiger partial charge in [0.05, 0.1) is 5.60 Å². The SMILES string of the molecule is CCC1(OCC(F)(F)F)CC[CH]CC1. The Morgan fingerprint density at radius 3 is 2.29 bits per heavy atom. The van der Waals surface area contributed by atoms with Crippen LogP contribution in [0.4, 0.5) is 13.2 Å². The van der Waals surface area contributed by atoms with E-state index in [0.29, 0.717) is 6.42 Å². The van der Waals surface area contributed by atoms with Crippen LogP contribution in [0.5, 0.6) is 0 Å². The standard InChI is InChI=1S/C10H16F3O/c1-2-9(6-4-3-5-7-9)14-8-10(11,12)13/h3H,2,4-8H2,1H3. The van der Waals surface area contributed by atoms with Crippen LogP contribution in [0.3, 0.4) is 0 Å². The predicted octanol–water partition coefficient (Wildman–Crippen LogP) is 3.49. The lowest BCUT2D eigenvalue weighted by Gasteiger charge is -2.36. The molecule has 83 valence electrons. The molecule has 0 heterocycles. The molecular formula is C10H16F3O. The molecule has 0 atom stereocenters. The quantitative estimate of drug-likeness (QED) is 0.691. The third-order valence-electron chi connectivity index (χ3n) is 2.79. The van der Waals surface area contributed by atoms with Gasteiger partial charge in [-0.3, -0.25) is 0 Å². The predicted molar refractivity (Wildman–Crippen MR) is 47.8 cm³/mol. The molecular weight excluding hydrogens is 193 g/mol. The van der Waals surface area contributed by atoms with E-state index in [1.165, 1.54) is 0 Å². The zero-order chi connectivity index (χ0) is 10.7. The van der Waals surface area contributed by atoms with Crippen molar-refractivity contribution in [3.05, 3.63) is 6.42 Å². The maximum absolute atomic E-state index is 12.0. The molecule has 1 fully saturated rings. The first kappa shape index (κ1) is 11.8. The molecule has 0 aromatic carbocycles. The van der Waals surface area contributed by atoms with Crippen molar-refractivity contribution in [2.75, 3.05) is 6.61 Å². The fourth-order valence-corrected chi connectivity index (χ4v) is 1.83. The highest BCUT2D eigenvalue weighted by molar-refractivity contribution is 4.89. The number of hydrogen-bond acceptors (Lipinski definition) is 1. The number of ether oxygens (including phenoxy) is 1. The molecule has 14 heavy (non-hydrogen) atoms. The molecule has 1 aliphatic rings. The van der Waals surface area contributed by atoms with Crippen LogP contribution in [0.1, 0.15) is 39.0 Å². The lowest BCUT2D eigenvalue weighted by molar-refractivity contribution is -0.210. The second-order valence-electron chi connectivity index (χ2n) is 3.81. The summed E-state index contributed by atoms with van der Waals surface area (Å²) in [6, 6.07) is 0. The summed E-state index contributed by atoms with van der Waals surface area (Å²) < 4.78 is 41.0. The van der Waals surface area contributed by atoms with E-state index in [2.05, 4.69) is 6.42 Å². The minimum Gasteiger partial charge on any atom is -0.366 e. The van der Waals surface area contributed by atoms with Crippen molar-refractivity contribution in [1.29, 1.82) is 0 Å². The largest absolute Gasteiger partial charge is 0.411 e. The molecule has 1 rings (SSSR count). The van der Waals surface area contributed by atoms with Crippen LogP contribution in [0.15, 0.2) is 0 Å². The van der Waals surface area contributed by atoms with Crippen LogP contribution in [0.2, 0.25) is 0 Å². The van der Waals surface area contributed by atoms with Gasteiger partial charge in [-0.25, -0.2) is 0 Å². The van der Waals surface area contributed by atoms with E-state index in [1.807, 2.05) is 6.92 Å². The average Bonchev–Trinajstić information content (AvgIpc) is 2.15. The highest BCUT2D eigenvalue weighted by atomic mass is 19.4. The highest BCUT2D eigenvalue weighted by Crippen LogP contribution is 2.35. The zero-order valence-electron chi connectivity index (χ0n) is 8.36. The highest BCUT2D eigenvalue weighted by Gasteiger charge is 2.36. The Labute approximate surface area is 82.6 Å². The second-order valence-corrected chi connectivity index (χ2v) is 3.81. The molecule has 1 aliphatic carbocycles. The third kappa shape index (κ3) is 3.48. The molecule has 0 bridgehead atoms. The number of hydrogen-bond donors (Lipinski definition) is 0. The summed E-state index contributed by atoms with van der Waals surface area (Å²) in [7, 11) is 0. The first-order chi connectivity index (χ1) is 6.47. The fourth-order valence-electron chi connectivity index (χ4n) is 1.83. The van der Waals surface area contributed by atoms with Gasteiger partial charge in [0, 0.05) is 0 Å². The first-order valence-corrected chi connectivity index (χ1v) is 5.00. The van der Waals surface area contributed by atoms with Crippen molar-refractivity contribution in [2.45, 2.75) is 50.8 Å². The van der Waals surface area contributed by atoms with E-state index in [9.17, 15) is 13.2 Å². The Hall–Kier alpha value is -0.250. The van der Waals surface area contributed by atoms with Gasteiger partial charge >= 0.3 is 6.18 Å². The molecule has 4 heteroatoms. The Bertz CT molecular complexity index is 171. The molecule has 0 N–H and O–H groups in total. The molecule has 0 aromatic rings. The summed E-state index contributed by atoms with van der Waals surface area (Å²) in [5.41, 5.74) is -0.524. The zero-order valence-corrected chi connectivity index (χ0v) is 8.36. The number of rotatable bonds is 3. The van der Waals surface area contributed by atoms with E-state index >= 15 is 0 Å². The first-order valence-electron chi connectivity index (χ1n) is 5.00. The van der Waals surface area contributed by atoms with E-state index in [-0.39, 0.29) is 0 Å². The minimum absolute atomic E-state index is 0.524. The van der Waals surface area contributed by atoms with Gasteiger partial charge in [-0.2, -0.15) is 13.2 Å². The van der Waals surface area contributed by atoms with Gasteiger partial charge in [-0.05, 0) is 38.5 Å². The van der Waals surface area contributed by atoms with Crippen molar-refractivity contribution in [3.8, 4) is 0 Å². The van der Waals surface area contributed by atoms with E-state index < -0.39 is 18.4 Å². The fraction of sp³-hybridized carbons (Fsp3) is 0.900. The van der Waals surface area contributed by atoms with Crippen LogP contribution < -0.4 is 0 Å². The maximum atomic E-state index is 12.0. The Balaban J connectivity index is 2.44. The van der Waals surface area contributed by atoms with Gasteiger partial charge in [-0.15, -0.1) is 0 Å². The minimum atomic E-state index is -4.21. The van der Waals surface area contributed by atoms with Crippen molar-refractivity contribution >= 4 is 0 Å². The van der Waals surface area contributed by atoms with Gasteiger partial charge in [0.1, 0.15) is 6.61 Å². The van der Waals surface area contributed by atoms with Crippen LogP contribution in [0.25, 0.3) is 0 Å². The monoisotopic (exact) mass is 209 g/mol. The van der Waals surface area contributed by atoms with Gasteiger partial charge in [0.25, 0.3) is 0 Å². The lowest BCUT2D eigenvalue weighted by atomic mass is 9.83. The normalized spacial score (nSPS) is 22.3. The lowest BCUT2D eigenvalue weighted by Crippen LogP contribution is -2.37. The molecule has 0 unspecified atom stereocenters. The van der Waals surface area contributed by atoms with Crippen molar-refractivity contribution < 1.29 is 17.9 Å². The van der Waals surface area contributed by atoms with Gasteiger partial charge in [0.2, 0.25) is 0 Å². The van der Waals surface area contributed by atoms with Gasteiger partial charge in [0.15, 0.2) is 0 Å². The van der Waals surface area contributed by atoms with Crippen LogP contribution in [-0.2, 0) is 4.74 Å². The van der Waals surface area contributed by atoms with Crippen molar-refractivity contribution in [3.63, 3.8) is 0 Å². The Morgan fingerprint density at radius 2 is 1.86 bits per heavy atom. The van der Waals surface area contributed by atoms with Crippen LogP contribution in [0, 0.1) is 6.42 Å². The van der Waals surface area contributed by atoms with Crippen LogP contribution >= 0.6 is 0 Å². The van der Waals surface area contributed by atoms with E-state index in [4.69, 9.17) is 4.74 Å². The van der Waals surface area contributed by atoms with Crippen molar-refractivity contribution in [2.24, 2.45) is 0 Å². The summed E-state index contributed by atoms with van der Waals surface area (Å²) in [6.45, 7) is 0.780. The van der Waals surface area contributed by atoms with E-state index in [0.717, 1.165) is 25.7 Å². The summed E-state index contributed by atoms with van der Waals surface area (Å²) >= 11 is 0. The maximum Gasteiger partial charge on any atom is 0.411 e. The molecule has 0 amide bonds. The second kappa shape index (κ2) is 4.51. The average molecular weight is 209 g/mol. The topological polar surface area (TPSA) is 9.23 Å². The third-order valence-corrected chi connectivity index (χ3v) is 2.79. The summed E-state index contributed by atoms with van der Waals surface area (Å²) in [5, 5.41) is 0. The molecule has 0 spiro atoms. The number of alkyl halides is 3. The number of halogens is 3. The summed E-state index contributed by atoms with van der Waals surface area (Å²) in [6.07, 6.45) is 1.75. The van der Waals surface area contributed by atoms with Gasteiger partial charge < -0.3 is 4.74 Å². The summed E-state index contributed by atoms with van der Waals surface area (Å²) in [4.78, 5) is 0. The smallest absolute Gasteiger partial charge is 0.366 e. The molecule has 0 saturated heterocycles. The molecule has 1 radical (unpaired) electrons. The molecule has 1 saturated carbocycles. The van der Waals surface area contributed by atoms with E-state index in [1.54, 1.807) is 0 Å². The Kier molecular flexibility index (Phi) is 3.81. The molecule has 1 nitrogen and oxygen atoms in total. The molecule has 0 aromatic heterocycles. The van der Waals surface area contributed by atoms with Crippen molar-refractivity contribution in [1.82, 2.24) is 0 Å².